The average Bonchev–Trinajstić information content (AvgIpc) is 3.17. The average molecular weight is 313 g/mol. The van der Waals surface area contributed by atoms with Crippen LogP contribution in [0, 0.1) is 0 Å². The maximum Gasteiger partial charge on any atom is 0.338 e. The molecule has 2 N–H and O–H groups in total. The highest BCUT2D eigenvalue weighted by Gasteiger charge is 2.12. The number of nitrogen functional groups attached to an aromatic ring is 1. The number of thiophene rings is 1. The summed E-state index contributed by atoms with van der Waals surface area (Å²) in [4.78, 5) is 12.9. The van der Waals surface area contributed by atoms with Gasteiger partial charge in [-0.25, -0.2) is 9.48 Å². The number of benzene rings is 1. The highest BCUT2D eigenvalue weighted by atomic mass is 32.1. The Morgan fingerprint density at radius 2 is 2.18 bits per heavy atom. The van der Waals surface area contributed by atoms with Gasteiger partial charge in [0.15, 0.2) is 0 Å². The van der Waals surface area contributed by atoms with Crippen LogP contribution in [0.25, 0.3) is 16.3 Å². The molecule has 2 aromatic heterocycles. The molecule has 0 aliphatic heterocycles. The number of rotatable bonds is 4. The highest BCUT2D eigenvalue weighted by molar-refractivity contribution is 7.13. The van der Waals surface area contributed by atoms with E-state index < -0.39 is 0 Å². The molecule has 0 radical (unpaired) electrons. The van der Waals surface area contributed by atoms with Gasteiger partial charge < -0.3 is 10.5 Å². The Morgan fingerprint density at radius 3 is 2.91 bits per heavy atom. The van der Waals surface area contributed by atoms with Crippen molar-refractivity contribution in [2.24, 2.45) is 0 Å². The van der Waals surface area contributed by atoms with E-state index in [2.05, 4.69) is 5.10 Å². The van der Waals surface area contributed by atoms with E-state index in [0.717, 1.165) is 16.3 Å². The van der Waals surface area contributed by atoms with Crippen molar-refractivity contribution >= 4 is 23.1 Å². The first-order valence-corrected chi connectivity index (χ1v) is 7.74. The largest absolute Gasteiger partial charge is 0.462 e. The molecule has 0 atom stereocenters. The molecule has 1 aromatic carbocycles. The SMILES string of the molecule is CCOC(=O)c1cccc(-n2nc(-c3cccs3)cc2N)c1. The number of aromatic nitrogens is 2. The molecule has 2 heterocycles. The minimum Gasteiger partial charge on any atom is -0.462 e. The first-order valence-electron chi connectivity index (χ1n) is 6.86. The van der Waals surface area contributed by atoms with Crippen molar-refractivity contribution in [3.05, 3.63) is 53.4 Å². The number of esters is 1. The van der Waals surface area contributed by atoms with Gasteiger partial charge >= 0.3 is 5.97 Å². The predicted molar refractivity (Wildman–Crippen MR) is 87.2 cm³/mol. The zero-order valence-corrected chi connectivity index (χ0v) is 12.8. The number of carbonyl (C=O) groups is 1. The number of nitrogens with two attached hydrogens (primary N) is 1. The summed E-state index contributed by atoms with van der Waals surface area (Å²) in [7, 11) is 0. The Bertz CT molecular complexity index is 794. The standard InChI is InChI=1S/C16H15N3O2S/c1-2-21-16(20)11-5-3-6-12(9-11)19-15(17)10-13(18-19)14-7-4-8-22-14/h3-10H,2,17H2,1H3. The van der Waals surface area contributed by atoms with Gasteiger partial charge in [0.1, 0.15) is 11.5 Å². The second-order valence-corrected chi connectivity index (χ2v) is 5.56. The molecule has 0 bridgehead atoms. The summed E-state index contributed by atoms with van der Waals surface area (Å²) in [5.74, 6) is 0.165. The summed E-state index contributed by atoms with van der Waals surface area (Å²) in [6.45, 7) is 2.12. The third-order valence-corrected chi connectivity index (χ3v) is 4.00. The molecule has 6 heteroatoms. The first kappa shape index (κ1) is 14.3. The Morgan fingerprint density at radius 1 is 1.32 bits per heavy atom. The van der Waals surface area contributed by atoms with E-state index in [4.69, 9.17) is 10.5 Å². The Hall–Kier alpha value is -2.60. The fourth-order valence-corrected chi connectivity index (χ4v) is 2.81. The van der Waals surface area contributed by atoms with E-state index >= 15 is 0 Å². The van der Waals surface area contributed by atoms with Gasteiger partial charge in [-0.15, -0.1) is 11.3 Å². The minimum atomic E-state index is -0.353. The summed E-state index contributed by atoms with van der Waals surface area (Å²) in [6.07, 6.45) is 0. The molecule has 0 spiro atoms. The number of hydrogen-bond acceptors (Lipinski definition) is 5. The van der Waals surface area contributed by atoms with Gasteiger partial charge in [-0.2, -0.15) is 5.10 Å². The van der Waals surface area contributed by atoms with E-state index in [9.17, 15) is 4.79 Å². The molecule has 112 valence electrons. The lowest BCUT2D eigenvalue weighted by atomic mass is 10.2. The van der Waals surface area contributed by atoms with Crippen LogP contribution in [0.3, 0.4) is 0 Å². The molecule has 0 fully saturated rings. The van der Waals surface area contributed by atoms with Crippen LogP contribution in [-0.2, 0) is 4.74 Å². The highest BCUT2D eigenvalue weighted by Crippen LogP contribution is 2.26. The summed E-state index contributed by atoms with van der Waals surface area (Å²) >= 11 is 1.60. The number of ether oxygens (including phenoxy) is 1. The van der Waals surface area contributed by atoms with Gasteiger partial charge in [0, 0.05) is 6.07 Å². The lowest BCUT2D eigenvalue weighted by molar-refractivity contribution is 0.0526. The molecular formula is C16H15N3O2S. The Kier molecular flexibility index (Phi) is 3.93. The molecular weight excluding hydrogens is 298 g/mol. The van der Waals surface area contributed by atoms with Gasteiger partial charge in [-0.3, -0.25) is 0 Å². The maximum absolute atomic E-state index is 11.8. The van der Waals surface area contributed by atoms with Gasteiger partial charge in [-0.1, -0.05) is 12.1 Å². The van der Waals surface area contributed by atoms with E-state index in [-0.39, 0.29) is 5.97 Å². The van der Waals surface area contributed by atoms with Crippen molar-refractivity contribution in [2.45, 2.75) is 6.92 Å². The zero-order chi connectivity index (χ0) is 15.5. The van der Waals surface area contributed by atoms with Crippen LogP contribution in [0.4, 0.5) is 5.82 Å². The second-order valence-electron chi connectivity index (χ2n) is 4.61. The van der Waals surface area contributed by atoms with Crippen LogP contribution in [0.1, 0.15) is 17.3 Å². The van der Waals surface area contributed by atoms with Gasteiger partial charge in [0.25, 0.3) is 0 Å². The normalized spacial score (nSPS) is 10.6. The van der Waals surface area contributed by atoms with Gasteiger partial charge in [0.05, 0.1) is 22.7 Å². The monoisotopic (exact) mass is 313 g/mol. The first-order chi connectivity index (χ1) is 10.7. The quantitative estimate of drug-likeness (QED) is 0.750. The number of hydrogen-bond donors (Lipinski definition) is 1. The van der Waals surface area contributed by atoms with Crippen LogP contribution in [0.2, 0.25) is 0 Å². The van der Waals surface area contributed by atoms with Crippen molar-refractivity contribution in [3.8, 4) is 16.3 Å². The maximum atomic E-state index is 11.8. The van der Waals surface area contributed by atoms with E-state index in [1.54, 1.807) is 41.1 Å². The van der Waals surface area contributed by atoms with Crippen molar-refractivity contribution in [1.29, 1.82) is 0 Å². The molecule has 3 rings (SSSR count). The summed E-state index contributed by atoms with van der Waals surface area (Å²) < 4.78 is 6.64. The van der Waals surface area contributed by atoms with Crippen LogP contribution in [-0.4, -0.2) is 22.4 Å². The number of carbonyl (C=O) groups excluding carboxylic acids is 1. The topological polar surface area (TPSA) is 70.1 Å². The summed E-state index contributed by atoms with van der Waals surface area (Å²) in [5, 5.41) is 6.51. The van der Waals surface area contributed by atoms with E-state index in [0.29, 0.717) is 18.0 Å². The smallest absolute Gasteiger partial charge is 0.338 e. The van der Waals surface area contributed by atoms with E-state index in [1.165, 1.54) is 0 Å². The van der Waals surface area contributed by atoms with Gasteiger partial charge in [-0.05, 0) is 36.6 Å². The lowest BCUT2D eigenvalue weighted by Crippen LogP contribution is -2.07. The zero-order valence-electron chi connectivity index (χ0n) is 12.0. The molecule has 22 heavy (non-hydrogen) atoms. The molecule has 0 aliphatic rings. The molecule has 0 amide bonds. The fourth-order valence-electron chi connectivity index (χ4n) is 2.13. The van der Waals surface area contributed by atoms with Crippen molar-refractivity contribution < 1.29 is 9.53 Å². The molecule has 0 aliphatic carbocycles. The third-order valence-electron chi connectivity index (χ3n) is 3.11. The predicted octanol–water partition coefficient (Wildman–Crippen LogP) is 3.36. The minimum absolute atomic E-state index is 0.343. The third kappa shape index (κ3) is 2.73. The summed E-state index contributed by atoms with van der Waals surface area (Å²) in [5.41, 5.74) is 8.07. The second kappa shape index (κ2) is 6.03. The number of nitrogens with zero attached hydrogens (tertiary/aromatic N) is 2. The molecule has 0 unspecified atom stereocenters. The van der Waals surface area contributed by atoms with Crippen molar-refractivity contribution in [1.82, 2.24) is 9.78 Å². The number of anilines is 1. The van der Waals surface area contributed by atoms with Crippen LogP contribution in [0.15, 0.2) is 47.8 Å². The fraction of sp³-hybridized carbons (Fsp3) is 0.125. The van der Waals surface area contributed by atoms with Gasteiger partial charge in [0.2, 0.25) is 0 Å². The molecule has 0 saturated carbocycles. The van der Waals surface area contributed by atoms with Crippen molar-refractivity contribution in [3.63, 3.8) is 0 Å². The Balaban J connectivity index is 1.98. The van der Waals surface area contributed by atoms with E-state index in [1.807, 2.05) is 29.6 Å². The van der Waals surface area contributed by atoms with Crippen LogP contribution in [0.5, 0.6) is 0 Å². The lowest BCUT2D eigenvalue weighted by Gasteiger charge is -2.06. The van der Waals surface area contributed by atoms with Crippen molar-refractivity contribution in [2.75, 3.05) is 12.3 Å². The molecule has 5 nitrogen and oxygen atoms in total. The molecule has 0 saturated heterocycles. The molecule has 3 aromatic rings. The summed E-state index contributed by atoms with van der Waals surface area (Å²) in [6, 6.07) is 12.9. The van der Waals surface area contributed by atoms with Crippen LogP contribution < -0.4 is 5.73 Å². The van der Waals surface area contributed by atoms with Crippen LogP contribution >= 0.6 is 11.3 Å². The Labute approximate surface area is 132 Å².